The highest BCUT2D eigenvalue weighted by Crippen LogP contribution is 2.33. The predicted molar refractivity (Wildman–Crippen MR) is 99.6 cm³/mol. The zero-order valence-corrected chi connectivity index (χ0v) is 15.4. The molecule has 0 bridgehead atoms. The van der Waals surface area contributed by atoms with E-state index in [0.717, 1.165) is 18.5 Å². The van der Waals surface area contributed by atoms with Gasteiger partial charge in [-0.05, 0) is 37.8 Å². The van der Waals surface area contributed by atoms with Crippen molar-refractivity contribution < 1.29 is 9.59 Å². The standard InChI is InChI=1S/C19H23ClN4O2/c20-16-3-1-2-15(12-21)17(16)23-8-6-14(7-9-23)19(26)24-10-4-13(5-11-24)18(22)25/h1-3,13-14H,4-11H2,(H2,22,25). The summed E-state index contributed by atoms with van der Waals surface area (Å²) < 4.78 is 0. The average Bonchev–Trinajstić information content (AvgIpc) is 2.67. The Hall–Kier alpha value is -2.26. The first-order valence-corrected chi connectivity index (χ1v) is 9.40. The molecule has 7 heteroatoms. The lowest BCUT2D eigenvalue weighted by Crippen LogP contribution is -2.47. The maximum Gasteiger partial charge on any atom is 0.225 e. The van der Waals surface area contributed by atoms with Gasteiger partial charge >= 0.3 is 0 Å². The minimum absolute atomic E-state index is 0.00981. The van der Waals surface area contributed by atoms with E-state index in [1.165, 1.54) is 0 Å². The smallest absolute Gasteiger partial charge is 0.225 e. The molecule has 0 aliphatic carbocycles. The highest BCUT2D eigenvalue weighted by molar-refractivity contribution is 6.33. The molecular formula is C19H23ClN4O2. The minimum Gasteiger partial charge on any atom is -0.369 e. The fourth-order valence-electron chi connectivity index (χ4n) is 3.92. The Morgan fingerprint density at radius 1 is 1.08 bits per heavy atom. The van der Waals surface area contributed by atoms with Gasteiger partial charge in [0.25, 0.3) is 0 Å². The normalized spacial score (nSPS) is 19.2. The van der Waals surface area contributed by atoms with Crippen molar-refractivity contribution in [1.82, 2.24) is 4.90 Å². The van der Waals surface area contributed by atoms with E-state index in [2.05, 4.69) is 11.0 Å². The van der Waals surface area contributed by atoms with Gasteiger partial charge in [0.15, 0.2) is 0 Å². The molecule has 0 spiro atoms. The zero-order valence-electron chi connectivity index (χ0n) is 14.7. The van der Waals surface area contributed by atoms with Crippen molar-refractivity contribution >= 4 is 29.1 Å². The van der Waals surface area contributed by atoms with Crippen molar-refractivity contribution in [2.45, 2.75) is 25.7 Å². The van der Waals surface area contributed by atoms with Crippen LogP contribution in [0.2, 0.25) is 5.02 Å². The number of halogens is 1. The van der Waals surface area contributed by atoms with Gasteiger partial charge in [-0.2, -0.15) is 5.26 Å². The van der Waals surface area contributed by atoms with Crippen LogP contribution in [0.1, 0.15) is 31.2 Å². The zero-order chi connectivity index (χ0) is 18.7. The molecule has 2 saturated heterocycles. The Balaban J connectivity index is 1.59. The van der Waals surface area contributed by atoms with Gasteiger partial charge in [-0.25, -0.2) is 0 Å². The topological polar surface area (TPSA) is 90.4 Å². The minimum atomic E-state index is -0.265. The number of benzene rings is 1. The number of anilines is 1. The first kappa shape index (κ1) is 18.5. The van der Waals surface area contributed by atoms with Gasteiger partial charge in [-0.15, -0.1) is 0 Å². The predicted octanol–water partition coefficient (Wildman–Crippen LogP) is 2.15. The third-order valence-electron chi connectivity index (χ3n) is 5.48. The molecular weight excluding hydrogens is 352 g/mol. The fraction of sp³-hybridized carbons (Fsp3) is 0.526. The largest absolute Gasteiger partial charge is 0.369 e. The molecule has 26 heavy (non-hydrogen) atoms. The Bertz CT molecular complexity index is 730. The summed E-state index contributed by atoms with van der Waals surface area (Å²) in [6.07, 6.45) is 2.80. The van der Waals surface area contributed by atoms with Crippen LogP contribution in [0.4, 0.5) is 5.69 Å². The summed E-state index contributed by atoms with van der Waals surface area (Å²) in [5, 5.41) is 9.89. The number of nitriles is 1. The number of rotatable bonds is 3. The summed E-state index contributed by atoms with van der Waals surface area (Å²) in [4.78, 5) is 28.0. The Kier molecular flexibility index (Phi) is 5.67. The number of piperidine rings is 2. The lowest BCUT2D eigenvalue weighted by atomic mass is 9.91. The van der Waals surface area contributed by atoms with E-state index in [0.29, 0.717) is 49.6 Å². The van der Waals surface area contributed by atoms with Crippen LogP contribution >= 0.6 is 11.6 Å². The Morgan fingerprint density at radius 2 is 1.69 bits per heavy atom. The second-order valence-electron chi connectivity index (χ2n) is 7.01. The van der Waals surface area contributed by atoms with Crippen LogP contribution in [0.3, 0.4) is 0 Å². The number of nitrogens with two attached hydrogens (primary N) is 1. The van der Waals surface area contributed by atoms with Gasteiger partial charge in [0.05, 0.1) is 16.3 Å². The molecule has 2 amide bonds. The van der Waals surface area contributed by atoms with E-state index < -0.39 is 0 Å². The summed E-state index contributed by atoms with van der Waals surface area (Å²) in [5.74, 6) is -0.208. The van der Waals surface area contributed by atoms with Crippen LogP contribution in [0, 0.1) is 23.2 Å². The maximum absolute atomic E-state index is 12.8. The lowest BCUT2D eigenvalue weighted by Gasteiger charge is -2.38. The molecule has 0 saturated carbocycles. The van der Waals surface area contributed by atoms with Gasteiger partial charge in [0, 0.05) is 38.0 Å². The number of nitrogens with zero attached hydrogens (tertiary/aromatic N) is 3. The average molecular weight is 375 g/mol. The molecule has 0 radical (unpaired) electrons. The number of para-hydroxylation sites is 1. The summed E-state index contributed by atoms with van der Waals surface area (Å²) in [6, 6.07) is 7.52. The summed E-state index contributed by atoms with van der Waals surface area (Å²) in [5.41, 5.74) is 6.69. The summed E-state index contributed by atoms with van der Waals surface area (Å²) in [7, 11) is 0. The van der Waals surface area contributed by atoms with Crippen LogP contribution in [0.5, 0.6) is 0 Å². The van der Waals surface area contributed by atoms with Gasteiger partial charge in [-0.1, -0.05) is 17.7 Å². The van der Waals surface area contributed by atoms with Crippen molar-refractivity contribution in [3.8, 4) is 6.07 Å². The molecule has 2 aliphatic rings. The van der Waals surface area contributed by atoms with E-state index in [4.69, 9.17) is 17.3 Å². The third kappa shape index (κ3) is 3.78. The Morgan fingerprint density at radius 3 is 2.27 bits per heavy atom. The van der Waals surface area contributed by atoms with Crippen molar-refractivity contribution in [1.29, 1.82) is 5.26 Å². The molecule has 0 unspecified atom stereocenters. The van der Waals surface area contributed by atoms with Crippen molar-refractivity contribution in [2.75, 3.05) is 31.1 Å². The van der Waals surface area contributed by atoms with E-state index in [9.17, 15) is 14.9 Å². The Labute approximate surface area is 158 Å². The van der Waals surface area contributed by atoms with Crippen molar-refractivity contribution in [3.63, 3.8) is 0 Å². The van der Waals surface area contributed by atoms with Crippen LogP contribution in [0.25, 0.3) is 0 Å². The van der Waals surface area contributed by atoms with Gasteiger partial charge in [0.1, 0.15) is 6.07 Å². The van der Waals surface area contributed by atoms with E-state index >= 15 is 0 Å². The number of amides is 2. The van der Waals surface area contributed by atoms with Crippen LogP contribution in [-0.4, -0.2) is 42.9 Å². The molecule has 1 aromatic rings. The van der Waals surface area contributed by atoms with E-state index in [1.807, 2.05) is 4.90 Å². The molecule has 2 N–H and O–H groups in total. The van der Waals surface area contributed by atoms with Crippen LogP contribution in [-0.2, 0) is 9.59 Å². The first-order chi connectivity index (χ1) is 12.5. The van der Waals surface area contributed by atoms with Gasteiger partial charge < -0.3 is 15.5 Å². The van der Waals surface area contributed by atoms with Crippen LogP contribution < -0.4 is 10.6 Å². The number of likely N-dealkylation sites (tertiary alicyclic amines) is 1. The number of carbonyl (C=O) groups is 2. The lowest BCUT2D eigenvalue weighted by molar-refractivity contribution is -0.139. The molecule has 0 atom stereocenters. The number of carbonyl (C=O) groups excluding carboxylic acids is 2. The molecule has 3 rings (SSSR count). The highest BCUT2D eigenvalue weighted by atomic mass is 35.5. The van der Waals surface area contributed by atoms with Crippen molar-refractivity contribution in [3.05, 3.63) is 28.8 Å². The highest BCUT2D eigenvalue weighted by Gasteiger charge is 2.32. The molecule has 2 heterocycles. The van der Waals surface area contributed by atoms with Gasteiger partial charge in [-0.3, -0.25) is 9.59 Å². The molecule has 2 fully saturated rings. The first-order valence-electron chi connectivity index (χ1n) is 9.03. The number of primary amides is 1. The second-order valence-corrected chi connectivity index (χ2v) is 7.42. The number of hydrogen-bond donors (Lipinski definition) is 1. The summed E-state index contributed by atoms with van der Waals surface area (Å²) >= 11 is 6.30. The molecule has 0 aromatic heterocycles. The molecule has 1 aromatic carbocycles. The third-order valence-corrected chi connectivity index (χ3v) is 5.78. The quantitative estimate of drug-likeness (QED) is 0.877. The second kappa shape index (κ2) is 7.96. The van der Waals surface area contributed by atoms with Gasteiger partial charge in [0.2, 0.25) is 11.8 Å². The fourth-order valence-corrected chi connectivity index (χ4v) is 4.21. The van der Waals surface area contributed by atoms with E-state index in [-0.39, 0.29) is 23.7 Å². The number of hydrogen-bond acceptors (Lipinski definition) is 4. The summed E-state index contributed by atoms with van der Waals surface area (Å²) in [6.45, 7) is 2.62. The van der Waals surface area contributed by atoms with E-state index in [1.54, 1.807) is 18.2 Å². The van der Waals surface area contributed by atoms with Crippen LogP contribution in [0.15, 0.2) is 18.2 Å². The molecule has 2 aliphatic heterocycles. The maximum atomic E-state index is 12.8. The monoisotopic (exact) mass is 374 g/mol. The van der Waals surface area contributed by atoms with Crippen molar-refractivity contribution in [2.24, 2.45) is 17.6 Å². The molecule has 6 nitrogen and oxygen atoms in total. The SMILES string of the molecule is N#Cc1cccc(Cl)c1N1CCC(C(=O)N2CCC(C(N)=O)CC2)CC1. The molecule has 138 valence electrons.